The molecule has 0 unspecified atom stereocenters. The first-order valence-corrected chi connectivity index (χ1v) is 12.4. The monoisotopic (exact) mass is 464 g/mol. The fraction of sp³-hybridized carbons (Fsp3) is 0.500. The molecule has 2 aliphatic heterocycles. The molecule has 34 heavy (non-hydrogen) atoms. The highest BCUT2D eigenvalue weighted by Crippen LogP contribution is 2.55. The van der Waals surface area contributed by atoms with Crippen molar-refractivity contribution in [2.75, 3.05) is 6.61 Å². The number of halogens is 1. The van der Waals surface area contributed by atoms with Gasteiger partial charge in [0.25, 0.3) is 5.91 Å². The normalized spacial score (nSPS) is 30.1. The molecular formula is C28H33FN2O3. The van der Waals surface area contributed by atoms with Crippen molar-refractivity contribution in [3.63, 3.8) is 0 Å². The molecule has 2 aromatic rings. The van der Waals surface area contributed by atoms with Gasteiger partial charge in [-0.3, -0.25) is 9.59 Å². The van der Waals surface area contributed by atoms with E-state index in [4.69, 9.17) is 4.74 Å². The summed E-state index contributed by atoms with van der Waals surface area (Å²) in [7, 11) is 0. The fourth-order valence-electron chi connectivity index (χ4n) is 6.94. The Morgan fingerprint density at radius 1 is 1.03 bits per heavy atom. The number of carbonyl (C=O) groups is 2. The van der Waals surface area contributed by atoms with Gasteiger partial charge in [-0.25, -0.2) is 4.39 Å². The predicted octanol–water partition coefficient (Wildman–Crippen LogP) is 4.60. The lowest BCUT2D eigenvalue weighted by Crippen LogP contribution is -2.61. The van der Waals surface area contributed by atoms with Crippen LogP contribution in [0, 0.1) is 11.2 Å². The molecule has 180 valence electrons. The van der Waals surface area contributed by atoms with Crippen LogP contribution in [-0.2, 0) is 16.0 Å². The quantitative estimate of drug-likeness (QED) is 0.650. The van der Waals surface area contributed by atoms with Gasteiger partial charge in [0, 0.05) is 30.5 Å². The molecule has 2 amide bonds. The highest BCUT2D eigenvalue weighted by atomic mass is 19.1. The zero-order chi connectivity index (χ0) is 23.9. The number of benzene rings is 2. The van der Waals surface area contributed by atoms with Gasteiger partial charge >= 0.3 is 0 Å². The molecule has 3 aliphatic rings. The Labute approximate surface area is 200 Å². The minimum Gasteiger partial charge on any atom is -0.484 e. The average molecular weight is 465 g/mol. The van der Waals surface area contributed by atoms with E-state index < -0.39 is 0 Å². The lowest BCUT2D eigenvalue weighted by Gasteiger charge is -2.50. The first-order chi connectivity index (χ1) is 16.4. The molecule has 1 saturated carbocycles. The van der Waals surface area contributed by atoms with E-state index in [0.717, 1.165) is 38.5 Å². The Balaban J connectivity index is 1.48. The summed E-state index contributed by atoms with van der Waals surface area (Å²) in [5.74, 6) is -0.0206. The van der Waals surface area contributed by atoms with Crippen LogP contribution in [0.5, 0.6) is 5.75 Å². The molecule has 0 N–H and O–H groups in total. The predicted molar refractivity (Wildman–Crippen MR) is 128 cm³/mol. The van der Waals surface area contributed by atoms with Gasteiger partial charge in [-0.2, -0.15) is 0 Å². The summed E-state index contributed by atoms with van der Waals surface area (Å²) in [6, 6.07) is 16.2. The molecule has 6 heteroatoms. The van der Waals surface area contributed by atoms with Gasteiger partial charge < -0.3 is 14.5 Å². The molecule has 5 atom stereocenters. The molecule has 0 spiro atoms. The first-order valence-electron chi connectivity index (χ1n) is 12.4. The smallest absolute Gasteiger partial charge is 0.261 e. The highest BCUT2D eigenvalue weighted by molar-refractivity contribution is 5.80. The van der Waals surface area contributed by atoms with Gasteiger partial charge in [0.1, 0.15) is 11.6 Å². The molecule has 3 fully saturated rings. The Kier molecular flexibility index (Phi) is 6.09. The lowest BCUT2D eigenvalue weighted by atomic mass is 9.69. The number of amides is 2. The Morgan fingerprint density at radius 3 is 2.41 bits per heavy atom. The van der Waals surface area contributed by atoms with Gasteiger partial charge in [0.15, 0.2) is 6.61 Å². The molecule has 0 aromatic heterocycles. The Hall–Kier alpha value is -2.89. The number of likely N-dealkylation sites (tertiary alicyclic amines) is 2. The summed E-state index contributed by atoms with van der Waals surface area (Å²) in [5, 5.41) is 0. The van der Waals surface area contributed by atoms with E-state index in [1.165, 1.54) is 17.7 Å². The van der Waals surface area contributed by atoms with Crippen molar-refractivity contribution in [1.82, 2.24) is 9.80 Å². The van der Waals surface area contributed by atoms with Crippen LogP contribution < -0.4 is 4.74 Å². The minimum atomic E-state index is -0.388. The molecule has 5 rings (SSSR count). The topological polar surface area (TPSA) is 49.9 Å². The van der Waals surface area contributed by atoms with Gasteiger partial charge in [0.05, 0.1) is 12.1 Å². The second-order valence-electron chi connectivity index (χ2n) is 10.3. The molecule has 2 heterocycles. The fourth-order valence-corrected chi connectivity index (χ4v) is 6.94. The van der Waals surface area contributed by atoms with Crippen molar-refractivity contribution in [3.05, 3.63) is 66.0 Å². The summed E-state index contributed by atoms with van der Waals surface area (Å²) in [4.78, 5) is 30.9. The molecule has 0 radical (unpaired) electrons. The van der Waals surface area contributed by atoms with Crippen LogP contribution >= 0.6 is 0 Å². The standard InChI is InChI=1S/C28H33FN2O3/c1-19(32)30-23(15-20-9-4-3-5-10-20)24-17-28(2)25(30)13-6-7-14-26(28)31(24)27(33)18-34-22-12-8-11-21(29)16-22/h3-5,8-12,16,23-26H,6-7,13-15,17-18H2,1-2H3/t23-,24-,25+,26-,28+/m0/s1. The Bertz CT molecular complexity index is 1060. The lowest BCUT2D eigenvalue weighted by molar-refractivity contribution is -0.143. The van der Waals surface area contributed by atoms with Crippen molar-refractivity contribution >= 4 is 11.8 Å². The van der Waals surface area contributed by atoms with Crippen LogP contribution in [0.15, 0.2) is 54.6 Å². The first kappa shape index (κ1) is 22.9. The maximum atomic E-state index is 13.7. The molecule has 5 nitrogen and oxygen atoms in total. The summed E-state index contributed by atoms with van der Waals surface area (Å²) >= 11 is 0. The van der Waals surface area contributed by atoms with Crippen molar-refractivity contribution in [2.24, 2.45) is 5.41 Å². The summed E-state index contributed by atoms with van der Waals surface area (Å²) in [6.45, 7) is 3.82. The van der Waals surface area contributed by atoms with Crippen molar-refractivity contribution in [3.8, 4) is 5.75 Å². The minimum absolute atomic E-state index is 0.0583. The maximum absolute atomic E-state index is 13.7. The van der Waals surface area contributed by atoms with Crippen molar-refractivity contribution in [1.29, 1.82) is 0 Å². The Morgan fingerprint density at radius 2 is 1.74 bits per heavy atom. The van der Waals surface area contributed by atoms with E-state index in [9.17, 15) is 14.0 Å². The number of rotatable bonds is 5. The number of ether oxygens (including phenoxy) is 1. The van der Waals surface area contributed by atoms with Crippen LogP contribution in [0.4, 0.5) is 4.39 Å². The van der Waals surface area contributed by atoms with Gasteiger partial charge in [-0.1, -0.05) is 56.2 Å². The van der Waals surface area contributed by atoms with Crippen LogP contribution in [0.3, 0.4) is 0 Å². The third-order valence-electron chi connectivity index (χ3n) is 8.30. The largest absolute Gasteiger partial charge is 0.484 e. The third-order valence-corrected chi connectivity index (χ3v) is 8.30. The van der Waals surface area contributed by atoms with Crippen LogP contribution in [0.2, 0.25) is 0 Å². The molecule has 1 aliphatic carbocycles. The van der Waals surface area contributed by atoms with Crippen LogP contribution in [0.1, 0.15) is 51.5 Å². The summed E-state index contributed by atoms with van der Waals surface area (Å²) in [6.07, 6.45) is 5.65. The summed E-state index contributed by atoms with van der Waals surface area (Å²) < 4.78 is 19.3. The van der Waals surface area contributed by atoms with E-state index in [1.807, 2.05) is 23.1 Å². The van der Waals surface area contributed by atoms with E-state index in [0.29, 0.717) is 5.75 Å². The average Bonchev–Trinajstić information content (AvgIpc) is 2.96. The number of piperidine rings is 1. The number of fused-ring (bicyclic) bond motifs is 1. The molecular weight excluding hydrogens is 431 g/mol. The zero-order valence-electron chi connectivity index (χ0n) is 20.0. The van der Waals surface area contributed by atoms with Crippen molar-refractivity contribution in [2.45, 2.75) is 76.5 Å². The van der Waals surface area contributed by atoms with E-state index in [-0.39, 0.29) is 53.8 Å². The SMILES string of the molecule is CC(=O)N1[C@@H](Cc2ccccc2)[C@@H]2C[C@@]3(C)[C@H](CCCC[C@@H]13)N2C(=O)COc1cccc(F)c1. The van der Waals surface area contributed by atoms with Crippen LogP contribution in [-0.4, -0.2) is 52.4 Å². The second kappa shape index (κ2) is 9.05. The van der Waals surface area contributed by atoms with Gasteiger partial charge in [-0.15, -0.1) is 0 Å². The third kappa shape index (κ3) is 3.97. The second-order valence-corrected chi connectivity index (χ2v) is 10.3. The van der Waals surface area contributed by atoms with Crippen LogP contribution in [0.25, 0.3) is 0 Å². The van der Waals surface area contributed by atoms with E-state index >= 15 is 0 Å². The van der Waals surface area contributed by atoms with E-state index in [2.05, 4.69) is 24.0 Å². The molecule has 2 saturated heterocycles. The maximum Gasteiger partial charge on any atom is 0.261 e. The number of carbonyl (C=O) groups excluding carboxylic acids is 2. The van der Waals surface area contributed by atoms with Gasteiger partial charge in [0.2, 0.25) is 5.91 Å². The number of nitrogens with zero attached hydrogens (tertiary/aromatic N) is 2. The molecule has 2 bridgehead atoms. The summed E-state index contributed by atoms with van der Waals surface area (Å²) in [5.41, 5.74) is 1.04. The van der Waals surface area contributed by atoms with E-state index in [1.54, 1.807) is 19.1 Å². The number of hydrogen-bond acceptors (Lipinski definition) is 3. The molecule has 2 aromatic carbocycles. The van der Waals surface area contributed by atoms with Gasteiger partial charge in [-0.05, 0) is 43.4 Å². The highest BCUT2D eigenvalue weighted by Gasteiger charge is 2.63. The zero-order valence-corrected chi connectivity index (χ0v) is 20.0. The van der Waals surface area contributed by atoms with Crippen molar-refractivity contribution < 1.29 is 18.7 Å². The number of hydrogen-bond donors (Lipinski definition) is 0.